The Hall–Kier alpha value is -1.62. The van der Waals surface area contributed by atoms with Gasteiger partial charge in [0.15, 0.2) is 0 Å². The Morgan fingerprint density at radius 1 is 1.37 bits per heavy atom. The molecule has 0 saturated carbocycles. The van der Waals surface area contributed by atoms with E-state index in [1.54, 1.807) is 6.07 Å². The molecule has 1 aromatic carbocycles. The molecule has 3 nitrogen and oxygen atoms in total. The highest BCUT2D eigenvalue weighted by atomic mass is 19.3. The Morgan fingerprint density at radius 3 is 2.89 bits per heavy atom. The molecular weight excluding hydrogens is 252 g/mol. The van der Waals surface area contributed by atoms with Crippen molar-refractivity contribution in [3.8, 4) is 5.75 Å². The third-order valence-corrected chi connectivity index (χ3v) is 2.94. The number of hydrogen-bond donors (Lipinski definition) is 1. The van der Waals surface area contributed by atoms with Gasteiger partial charge in [0.05, 0.1) is 25.5 Å². The summed E-state index contributed by atoms with van der Waals surface area (Å²) in [7, 11) is 0. The number of ether oxygens (including phenoxy) is 2. The minimum atomic E-state index is -2.37. The van der Waals surface area contributed by atoms with Gasteiger partial charge < -0.3 is 15.2 Å². The summed E-state index contributed by atoms with van der Waals surface area (Å²) < 4.78 is 35.0. The lowest BCUT2D eigenvalue weighted by Gasteiger charge is -2.18. The molecule has 1 aromatic rings. The van der Waals surface area contributed by atoms with Crippen molar-refractivity contribution in [2.24, 2.45) is 0 Å². The fourth-order valence-electron chi connectivity index (χ4n) is 1.99. The molecule has 0 aliphatic carbocycles. The van der Waals surface area contributed by atoms with Crippen LogP contribution in [0.5, 0.6) is 5.75 Å². The van der Waals surface area contributed by atoms with Gasteiger partial charge in [-0.05, 0) is 18.1 Å². The van der Waals surface area contributed by atoms with Crippen LogP contribution in [0.4, 0.5) is 14.5 Å². The Balaban J connectivity index is 2.18. The van der Waals surface area contributed by atoms with Gasteiger partial charge in [-0.15, -0.1) is 0 Å². The van der Waals surface area contributed by atoms with Crippen LogP contribution in [0.15, 0.2) is 24.3 Å². The highest BCUT2D eigenvalue weighted by Gasteiger charge is 2.14. The molecule has 0 atom stereocenters. The minimum Gasteiger partial charge on any atom is -0.491 e. The molecule has 2 N–H and O–H groups in total. The second-order valence-corrected chi connectivity index (χ2v) is 4.31. The van der Waals surface area contributed by atoms with Gasteiger partial charge in [0, 0.05) is 12.0 Å². The highest BCUT2D eigenvalue weighted by molar-refractivity contribution is 5.76. The average molecular weight is 269 g/mol. The molecule has 0 bridgehead atoms. The molecule has 0 saturated heterocycles. The first-order valence-corrected chi connectivity index (χ1v) is 6.25. The molecule has 0 radical (unpaired) electrons. The number of hydrogen-bond acceptors (Lipinski definition) is 3. The van der Waals surface area contributed by atoms with E-state index in [-0.39, 0.29) is 13.0 Å². The number of alkyl halides is 2. The summed E-state index contributed by atoms with van der Waals surface area (Å²) in [6.07, 6.45) is 0.0822. The second-order valence-electron chi connectivity index (χ2n) is 4.31. The normalized spacial score (nSPS) is 15.4. The quantitative estimate of drug-likeness (QED) is 0.835. The van der Waals surface area contributed by atoms with Crippen LogP contribution in [0.25, 0.3) is 5.57 Å². The van der Waals surface area contributed by atoms with Crippen LogP contribution < -0.4 is 10.5 Å². The first-order chi connectivity index (χ1) is 9.18. The summed E-state index contributed by atoms with van der Waals surface area (Å²) in [6.45, 7) is 1.17. The Labute approximate surface area is 111 Å². The Morgan fingerprint density at radius 2 is 2.21 bits per heavy atom. The van der Waals surface area contributed by atoms with Gasteiger partial charge >= 0.3 is 0 Å². The number of halogens is 2. The van der Waals surface area contributed by atoms with Crippen LogP contribution in [0.1, 0.15) is 18.4 Å². The summed E-state index contributed by atoms with van der Waals surface area (Å²) in [5.41, 5.74) is 8.31. The molecule has 5 heteroatoms. The van der Waals surface area contributed by atoms with Gasteiger partial charge in [-0.3, -0.25) is 0 Å². The largest absolute Gasteiger partial charge is 0.491 e. The summed E-state index contributed by atoms with van der Waals surface area (Å²) in [5.74, 6) is 0.497. The van der Waals surface area contributed by atoms with Gasteiger partial charge in [0.2, 0.25) is 6.43 Å². The van der Waals surface area contributed by atoms with Gasteiger partial charge in [0.25, 0.3) is 0 Å². The van der Waals surface area contributed by atoms with Crippen molar-refractivity contribution in [3.63, 3.8) is 0 Å². The zero-order valence-electron chi connectivity index (χ0n) is 10.6. The first-order valence-electron chi connectivity index (χ1n) is 6.25. The molecule has 1 heterocycles. The van der Waals surface area contributed by atoms with Crippen molar-refractivity contribution >= 4 is 11.3 Å². The van der Waals surface area contributed by atoms with E-state index in [1.165, 1.54) is 0 Å². The second kappa shape index (κ2) is 6.52. The van der Waals surface area contributed by atoms with Crippen molar-refractivity contribution in [3.05, 3.63) is 29.8 Å². The van der Waals surface area contributed by atoms with Crippen LogP contribution >= 0.6 is 0 Å². The lowest BCUT2D eigenvalue weighted by atomic mass is 10.00. The third kappa shape index (κ3) is 3.67. The van der Waals surface area contributed by atoms with Crippen molar-refractivity contribution in [2.45, 2.75) is 19.3 Å². The maximum atomic E-state index is 12.2. The van der Waals surface area contributed by atoms with Crippen molar-refractivity contribution in [2.75, 3.05) is 25.6 Å². The summed E-state index contributed by atoms with van der Waals surface area (Å²) in [6, 6.07) is 5.44. The van der Waals surface area contributed by atoms with Gasteiger partial charge in [0.1, 0.15) is 5.75 Å². The molecule has 2 rings (SSSR count). The summed E-state index contributed by atoms with van der Waals surface area (Å²) in [5, 5.41) is 0. The number of nitrogens with two attached hydrogens (primary N) is 1. The third-order valence-electron chi connectivity index (χ3n) is 2.94. The molecule has 1 aliphatic rings. The number of benzene rings is 1. The molecular formula is C14H17F2NO2. The van der Waals surface area contributed by atoms with E-state index in [0.717, 1.165) is 17.6 Å². The van der Waals surface area contributed by atoms with E-state index in [0.29, 0.717) is 24.7 Å². The SMILES string of the molecule is Nc1cccc(C2=CCOCC2)c1OCCC(F)F. The zero-order chi connectivity index (χ0) is 13.7. The number of rotatable bonds is 5. The molecule has 0 fully saturated rings. The van der Waals surface area contributed by atoms with E-state index in [9.17, 15) is 8.78 Å². The van der Waals surface area contributed by atoms with Gasteiger partial charge in [-0.1, -0.05) is 18.2 Å². The summed E-state index contributed by atoms with van der Waals surface area (Å²) >= 11 is 0. The predicted molar refractivity (Wildman–Crippen MR) is 70.4 cm³/mol. The lowest BCUT2D eigenvalue weighted by Crippen LogP contribution is -2.09. The summed E-state index contributed by atoms with van der Waals surface area (Å²) in [4.78, 5) is 0. The van der Waals surface area contributed by atoms with Crippen LogP contribution in [-0.4, -0.2) is 26.2 Å². The van der Waals surface area contributed by atoms with Crippen LogP contribution in [0.2, 0.25) is 0 Å². The average Bonchev–Trinajstić information content (AvgIpc) is 2.41. The molecule has 0 spiro atoms. The zero-order valence-corrected chi connectivity index (χ0v) is 10.6. The van der Waals surface area contributed by atoms with E-state index in [2.05, 4.69) is 0 Å². The molecule has 0 aromatic heterocycles. The van der Waals surface area contributed by atoms with Crippen molar-refractivity contribution < 1.29 is 18.3 Å². The molecule has 0 amide bonds. The van der Waals surface area contributed by atoms with Crippen molar-refractivity contribution in [1.82, 2.24) is 0 Å². The predicted octanol–water partition coefficient (Wildman–Crippen LogP) is 3.11. The lowest BCUT2D eigenvalue weighted by molar-refractivity contribution is 0.114. The van der Waals surface area contributed by atoms with Crippen LogP contribution in [0, 0.1) is 0 Å². The van der Waals surface area contributed by atoms with E-state index < -0.39 is 6.43 Å². The van der Waals surface area contributed by atoms with E-state index >= 15 is 0 Å². The fourth-order valence-corrected chi connectivity index (χ4v) is 1.99. The molecule has 19 heavy (non-hydrogen) atoms. The van der Waals surface area contributed by atoms with Crippen LogP contribution in [-0.2, 0) is 4.74 Å². The van der Waals surface area contributed by atoms with Crippen LogP contribution in [0.3, 0.4) is 0 Å². The van der Waals surface area contributed by atoms with Gasteiger partial charge in [-0.2, -0.15) is 0 Å². The maximum Gasteiger partial charge on any atom is 0.241 e. The standard InChI is InChI=1S/C14H17F2NO2/c15-13(16)6-9-19-14-11(2-1-3-12(14)17)10-4-7-18-8-5-10/h1-4,13H,5-9,17H2. The Kier molecular flexibility index (Phi) is 4.74. The van der Waals surface area contributed by atoms with Gasteiger partial charge in [-0.25, -0.2) is 8.78 Å². The van der Waals surface area contributed by atoms with Crippen molar-refractivity contribution in [1.29, 1.82) is 0 Å². The number of para-hydroxylation sites is 1. The number of nitrogen functional groups attached to an aromatic ring is 1. The Bertz CT molecular complexity index is 461. The molecule has 104 valence electrons. The van der Waals surface area contributed by atoms with E-state index in [4.69, 9.17) is 15.2 Å². The topological polar surface area (TPSA) is 44.5 Å². The first kappa shape index (κ1) is 13.8. The molecule has 0 unspecified atom stereocenters. The maximum absolute atomic E-state index is 12.2. The smallest absolute Gasteiger partial charge is 0.241 e. The number of anilines is 1. The highest BCUT2D eigenvalue weighted by Crippen LogP contribution is 2.34. The minimum absolute atomic E-state index is 0.0390. The van der Waals surface area contributed by atoms with E-state index in [1.807, 2.05) is 18.2 Å². The fraction of sp³-hybridized carbons (Fsp3) is 0.429. The molecule has 1 aliphatic heterocycles. The monoisotopic (exact) mass is 269 g/mol.